The van der Waals surface area contributed by atoms with Crippen LogP contribution in [0.3, 0.4) is 0 Å². The number of aryl methyl sites for hydroxylation is 2. The maximum atomic E-state index is 6.98. The fourth-order valence-electron chi connectivity index (χ4n) is 16.9. The Morgan fingerprint density at radius 1 is 0.437 bits per heavy atom. The third-order valence-corrected chi connectivity index (χ3v) is 22.8. The van der Waals surface area contributed by atoms with E-state index in [9.17, 15) is 0 Å². The van der Waals surface area contributed by atoms with Crippen LogP contribution in [0.15, 0.2) is 289 Å². The molecule has 4 nitrogen and oxygen atoms in total. The van der Waals surface area contributed by atoms with Gasteiger partial charge in [0.2, 0.25) is 0 Å². The van der Waals surface area contributed by atoms with Crippen molar-refractivity contribution in [1.82, 2.24) is 0 Å². The molecule has 9 aromatic rings. The monoisotopic (exact) mass is 1360 g/mol. The largest absolute Gasteiger partial charge is 0.324 e. The van der Waals surface area contributed by atoms with Gasteiger partial charge in [0, 0.05) is 57.2 Å². The zero-order valence-electron chi connectivity index (χ0n) is 63.3. The number of fused-ring (bicyclic) bond motifs is 1. The van der Waals surface area contributed by atoms with E-state index in [0.717, 1.165) is 73.4 Å². The molecule has 0 saturated carbocycles. The molecule has 0 amide bonds. The van der Waals surface area contributed by atoms with E-state index in [4.69, 9.17) is 5.73 Å². The average molecular weight is 1360 g/mol. The van der Waals surface area contributed by atoms with Gasteiger partial charge in [-0.1, -0.05) is 277 Å². The molecule has 4 heteroatoms. The third kappa shape index (κ3) is 16.0. The molecule has 4 aliphatic carbocycles. The standard InChI is InChI=1S/C99H112N4/c1-10-15-18-22-73-28-50-85(51-29-73)101(84-48-25-71(6)26-49-84)88-56-36-77(37-57-88)79-40-60-90(61-41-79)103(91-62-42-80(43-63-91)78-38-58-89(59-39-78)102(86-52-30-74(31-53-86)23-19-16-11-2)87-54-34-76(35-55-87)75(14-5)21-13-4)92-64-46-83(47-65-92)99(82-44-32-81(33-45-82)97(100)24-20-17-12-3)95-69-72(7)27-66-93(95)94-67-68-98(8,9)70-96(94)99/h25-28,30-68,72-73,75,97H,10-24,29,69-70,100H2,1-9H3/t72?,73-,75?,97?,99?/m1/s1. The first-order valence-electron chi connectivity index (χ1n) is 39.6. The maximum absolute atomic E-state index is 6.98. The van der Waals surface area contributed by atoms with Crippen molar-refractivity contribution in [3.63, 3.8) is 0 Å². The SMILES string of the molecule is CCCCCc1ccc(N(c2ccc(-c3ccc(N(c4ccc(-c5ccc(N(C6=CC[C@H](CCCCC)C=C6)c6ccc(C)cc6)cc5)cc4)c4ccc(C5(c6ccc(C(N)CCCCC)cc6)C6=C(C=CC(C)C6)C6=C5CC(C)(C)C=C6)cc4)cc3)cc2)c2ccc(C(CC)CCC)cc2)cc1. The lowest BCUT2D eigenvalue weighted by molar-refractivity contribution is 0.440. The Labute approximate surface area is 619 Å². The van der Waals surface area contributed by atoms with E-state index in [1.165, 1.54) is 171 Å². The van der Waals surface area contributed by atoms with Crippen LogP contribution in [0.4, 0.5) is 45.5 Å². The van der Waals surface area contributed by atoms with Gasteiger partial charge in [-0.3, -0.25) is 0 Å². The first kappa shape index (κ1) is 72.1. The topological polar surface area (TPSA) is 35.7 Å². The molecule has 0 spiro atoms. The molecular weight excluding hydrogens is 1250 g/mol. The summed E-state index contributed by atoms with van der Waals surface area (Å²) in [5.41, 5.74) is 35.4. The number of benzene rings is 9. The summed E-state index contributed by atoms with van der Waals surface area (Å²) in [7, 11) is 0. The summed E-state index contributed by atoms with van der Waals surface area (Å²) in [6, 6.07) is 83.9. The van der Waals surface area contributed by atoms with E-state index < -0.39 is 5.41 Å². The molecule has 0 bridgehead atoms. The Kier molecular flexibility index (Phi) is 23.1. The molecule has 4 aliphatic rings. The third-order valence-electron chi connectivity index (χ3n) is 22.8. The normalized spacial score (nSPS) is 18.0. The highest BCUT2D eigenvalue weighted by Crippen LogP contribution is 2.61. The summed E-state index contributed by atoms with van der Waals surface area (Å²) < 4.78 is 0. The average Bonchev–Trinajstić information content (AvgIpc) is 1.54. The molecule has 0 radical (unpaired) electrons. The Balaban J connectivity index is 0.860. The molecule has 13 rings (SSSR count). The van der Waals surface area contributed by atoms with Gasteiger partial charge in [-0.2, -0.15) is 0 Å². The molecule has 9 aromatic carbocycles. The van der Waals surface area contributed by atoms with Crippen LogP contribution in [0.1, 0.15) is 210 Å². The Morgan fingerprint density at radius 2 is 0.883 bits per heavy atom. The number of hydrogen-bond donors (Lipinski definition) is 1. The van der Waals surface area contributed by atoms with Crippen LogP contribution < -0.4 is 20.4 Å². The molecule has 4 unspecified atom stereocenters. The quantitative estimate of drug-likeness (QED) is 0.0455. The fraction of sp³-hybridized carbons (Fsp3) is 0.333. The highest BCUT2D eigenvalue weighted by Gasteiger charge is 2.51. The summed E-state index contributed by atoms with van der Waals surface area (Å²) in [4.78, 5) is 7.31. The van der Waals surface area contributed by atoms with E-state index in [1.807, 2.05) is 0 Å². The summed E-state index contributed by atoms with van der Waals surface area (Å²) in [5.74, 6) is 1.60. The fourth-order valence-corrected chi connectivity index (χ4v) is 16.9. The molecule has 0 aromatic heterocycles. The smallest absolute Gasteiger partial charge is 0.0639 e. The van der Waals surface area contributed by atoms with E-state index in [2.05, 4.69) is 338 Å². The first-order valence-corrected chi connectivity index (χ1v) is 39.6. The van der Waals surface area contributed by atoms with Gasteiger partial charge < -0.3 is 20.4 Å². The summed E-state index contributed by atoms with van der Waals surface area (Å²) in [6.45, 7) is 20.8. The van der Waals surface area contributed by atoms with E-state index >= 15 is 0 Å². The van der Waals surface area contributed by atoms with E-state index in [0.29, 0.717) is 17.8 Å². The van der Waals surface area contributed by atoms with Crippen molar-refractivity contribution in [3.8, 4) is 22.3 Å². The van der Waals surface area contributed by atoms with Crippen molar-refractivity contribution in [2.75, 3.05) is 14.7 Å². The predicted molar refractivity (Wildman–Crippen MR) is 443 cm³/mol. The van der Waals surface area contributed by atoms with Crippen LogP contribution in [-0.4, -0.2) is 0 Å². The number of nitrogens with zero attached hydrogens (tertiary/aromatic N) is 3. The zero-order valence-corrected chi connectivity index (χ0v) is 63.3. The Hall–Kier alpha value is -9.22. The van der Waals surface area contributed by atoms with Crippen LogP contribution in [-0.2, 0) is 11.8 Å². The number of allylic oxidation sites excluding steroid dienone is 11. The predicted octanol–water partition coefficient (Wildman–Crippen LogP) is 28.5. The second-order valence-electron chi connectivity index (χ2n) is 31.0. The molecule has 0 heterocycles. The zero-order chi connectivity index (χ0) is 71.5. The molecule has 0 fully saturated rings. The van der Waals surface area contributed by atoms with Crippen molar-refractivity contribution >= 4 is 45.5 Å². The minimum Gasteiger partial charge on any atom is -0.324 e. The second kappa shape index (κ2) is 33.0. The van der Waals surface area contributed by atoms with Gasteiger partial charge >= 0.3 is 0 Å². The highest BCUT2D eigenvalue weighted by molar-refractivity contribution is 5.84. The minimum atomic E-state index is -0.445. The lowest BCUT2D eigenvalue weighted by Crippen LogP contribution is -2.34. The van der Waals surface area contributed by atoms with Crippen molar-refractivity contribution < 1.29 is 0 Å². The van der Waals surface area contributed by atoms with Gasteiger partial charge in [-0.25, -0.2) is 0 Å². The van der Waals surface area contributed by atoms with Gasteiger partial charge in [0.15, 0.2) is 0 Å². The van der Waals surface area contributed by atoms with Gasteiger partial charge in [0.25, 0.3) is 0 Å². The highest BCUT2D eigenvalue weighted by atomic mass is 15.2. The molecule has 2 N–H and O–H groups in total. The van der Waals surface area contributed by atoms with Crippen molar-refractivity contribution in [3.05, 3.63) is 322 Å². The van der Waals surface area contributed by atoms with Crippen molar-refractivity contribution in [1.29, 1.82) is 0 Å². The lowest BCUT2D eigenvalue weighted by Gasteiger charge is -2.42. The van der Waals surface area contributed by atoms with Gasteiger partial charge in [0.1, 0.15) is 0 Å². The van der Waals surface area contributed by atoms with Crippen molar-refractivity contribution in [2.24, 2.45) is 23.0 Å². The molecular formula is C99H112N4. The Morgan fingerprint density at radius 3 is 1.38 bits per heavy atom. The summed E-state index contributed by atoms with van der Waals surface area (Å²) >= 11 is 0. The maximum Gasteiger partial charge on any atom is 0.0639 e. The van der Waals surface area contributed by atoms with Gasteiger partial charge in [-0.05, 0) is 263 Å². The second-order valence-corrected chi connectivity index (χ2v) is 31.0. The number of hydrogen-bond acceptors (Lipinski definition) is 4. The molecule has 5 atom stereocenters. The lowest BCUT2D eigenvalue weighted by atomic mass is 9.61. The van der Waals surface area contributed by atoms with Crippen LogP contribution in [0.2, 0.25) is 0 Å². The molecule has 103 heavy (non-hydrogen) atoms. The Bertz CT molecular complexity index is 4460. The van der Waals surface area contributed by atoms with Crippen LogP contribution in [0.25, 0.3) is 22.3 Å². The minimum absolute atomic E-state index is 0.00193. The van der Waals surface area contributed by atoms with Crippen LogP contribution >= 0.6 is 0 Å². The number of unbranched alkanes of at least 4 members (excludes halogenated alkanes) is 6. The van der Waals surface area contributed by atoms with Crippen LogP contribution in [0.5, 0.6) is 0 Å². The first-order chi connectivity index (χ1) is 50.3. The molecule has 0 saturated heterocycles. The van der Waals surface area contributed by atoms with E-state index in [-0.39, 0.29) is 11.5 Å². The number of rotatable bonds is 30. The van der Waals surface area contributed by atoms with Crippen LogP contribution in [0, 0.1) is 24.2 Å². The number of nitrogens with two attached hydrogens (primary N) is 1. The van der Waals surface area contributed by atoms with Gasteiger partial charge in [-0.15, -0.1) is 0 Å². The molecule has 528 valence electrons. The molecule has 0 aliphatic heterocycles. The number of anilines is 8. The summed E-state index contributed by atoms with van der Waals surface area (Å²) in [5, 5.41) is 0. The van der Waals surface area contributed by atoms with Gasteiger partial charge in [0.05, 0.1) is 5.41 Å². The van der Waals surface area contributed by atoms with Crippen molar-refractivity contribution in [2.45, 2.75) is 195 Å². The summed E-state index contributed by atoms with van der Waals surface area (Å²) in [6.07, 6.45) is 38.1. The van der Waals surface area contributed by atoms with E-state index in [1.54, 1.807) is 0 Å².